The standard InChI is InChI=1S/C13H18ClN3OS/c1-3-15-12-7-9(6-11(14)16-12)13(18)17(2)10-4-5-19-8-10/h6-7,10H,3-5,8H2,1-2H3,(H,15,16). The van der Waals surface area contributed by atoms with Crippen molar-refractivity contribution in [1.29, 1.82) is 0 Å². The van der Waals surface area contributed by atoms with Gasteiger partial charge in [0.1, 0.15) is 11.0 Å². The summed E-state index contributed by atoms with van der Waals surface area (Å²) in [6, 6.07) is 3.71. The van der Waals surface area contributed by atoms with Gasteiger partial charge in [-0.3, -0.25) is 4.79 Å². The number of nitrogens with zero attached hydrogens (tertiary/aromatic N) is 2. The van der Waals surface area contributed by atoms with Crippen molar-refractivity contribution in [1.82, 2.24) is 9.88 Å². The maximum Gasteiger partial charge on any atom is 0.254 e. The fourth-order valence-corrected chi connectivity index (χ4v) is 3.57. The molecule has 0 radical (unpaired) electrons. The number of rotatable bonds is 4. The van der Waals surface area contributed by atoms with Gasteiger partial charge in [0.05, 0.1) is 0 Å². The molecule has 1 atom stereocenters. The Morgan fingerprint density at radius 3 is 3.05 bits per heavy atom. The second-order valence-electron chi connectivity index (χ2n) is 4.53. The number of nitrogens with one attached hydrogen (secondary N) is 1. The van der Waals surface area contributed by atoms with E-state index in [1.807, 2.05) is 30.6 Å². The Kier molecular flexibility index (Phi) is 4.93. The Bertz CT molecular complexity index is 463. The van der Waals surface area contributed by atoms with Crippen molar-refractivity contribution in [2.45, 2.75) is 19.4 Å². The highest BCUT2D eigenvalue weighted by atomic mass is 35.5. The number of halogens is 1. The van der Waals surface area contributed by atoms with E-state index in [1.165, 1.54) is 0 Å². The van der Waals surface area contributed by atoms with Crippen LogP contribution in [0, 0.1) is 0 Å². The number of hydrogen-bond donors (Lipinski definition) is 1. The SMILES string of the molecule is CCNc1cc(C(=O)N(C)C2CCSC2)cc(Cl)n1. The van der Waals surface area contributed by atoms with E-state index in [4.69, 9.17) is 11.6 Å². The lowest BCUT2D eigenvalue weighted by molar-refractivity contribution is 0.0748. The molecule has 0 aromatic carbocycles. The number of thioether (sulfide) groups is 1. The molecule has 0 aliphatic carbocycles. The zero-order valence-electron chi connectivity index (χ0n) is 11.1. The third-order valence-electron chi connectivity index (χ3n) is 3.17. The molecule has 1 aliphatic heterocycles. The smallest absolute Gasteiger partial charge is 0.254 e. The maximum atomic E-state index is 12.4. The Morgan fingerprint density at radius 1 is 1.63 bits per heavy atom. The largest absolute Gasteiger partial charge is 0.370 e. The molecule has 1 saturated heterocycles. The highest BCUT2D eigenvalue weighted by Gasteiger charge is 2.25. The van der Waals surface area contributed by atoms with Gasteiger partial charge in [0.25, 0.3) is 5.91 Å². The van der Waals surface area contributed by atoms with Gasteiger partial charge in [-0.05, 0) is 31.2 Å². The van der Waals surface area contributed by atoms with Crippen molar-refractivity contribution < 1.29 is 4.79 Å². The summed E-state index contributed by atoms with van der Waals surface area (Å²) in [7, 11) is 1.86. The lowest BCUT2D eigenvalue weighted by Gasteiger charge is -2.24. The van der Waals surface area contributed by atoms with Gasteiger partial charge in [0, 0.05) is 31.0 Å². The van der Waals surface area contributed by atoms with Crippen LogP contribution in [0.1, 0.15) is 23.7 Å². The number of amides is 1. The van der Waals surface area contributed by atoms with Crippen LogP contribution in [0.5, 0.6) is 0 Å². The topological polar surface area (TPSA) is 45.2 Å². The lowest BCUT2D eigenvalue weighted by atomic mass is 10.2. The second-order valence-corrected chi connectivity index (χ2v) is 6.06. The minimum absolute atomic E-state index is 0.0101. The average molecular weight is 300 g/mol. The normalized spacial score (nSPS) is 18.4. The van der Waals surface area contributed by atoms with Crippen LogP contribution in [0.3, 0.4) is 0 Å². The summed E-state index contributed by atoms with van der Waals surface area (Å²) in [4.78, 5) is 18.4. The minimum Gasteiger partial charge on any atom is -0.370 e. The summed E-state index contributed by atoms with van der Waals surface area (Å²) in [5, 5.41) is 3.43. The molecule has 1 aliphatic rings. The van der Waals surface area contributed by atoms with Crippen molar-refractivity contribution in [3.8, 4) is 0 Å². The Balaban J connectivity index is 2.17. The number of carbonyl (C=O) groups excluding carboxylic acids is 1. The molecule has 0 bridgehead atoms. The Morgan fingerprint density at radius 2 is 2.42 bits per heavy atom. The van der Waals surface area contributed by atoms with E-state index in [9.17, 15) is 4.79 Å². The quantitative estimate of drug-likeness (QED) is 0.868. The molecule has 1 amide bonds. The number of anilines is 1. The van der Waals surface area contributed by atoms with Crippen LogP contribution >= 0.6 is 23.4 Å². The Hall–Kier alpha value is -0.940. The maximum absolute atomic E-state index is 12.4. The molecule has 104 valence electrons. The Labute approximate surface area is 122 Å². The fraction of sp³-hybridized carbons (Fsp3) is 0.538. The van der Waals surface area contributed by atoms with Crippen molar-refractivity contribution >= 4 is 35.1 Å². The molecular formula is C13H18ClN3OS. The summed E-state index contributed by atoms with van der Waals surface area (Å²) < 4.78 is 0. The molecule has 1 N–H and O–H groups in total. The van der Waals surface area contributed by atoms with Crippen LogP contribution in [0.25, 0.3) is 0 Å². The molecule has 2 rings (SSSR count). The van der Waals surface area contributed by atoms with Gasteiger partial charge in [-0.2, -0.15) is 11.8 Å². The summed E-state index contributed by atoms with van der Waals surface area (Å²) >= 11 is 7.86. The van der Waals surface area contributed by atoms with E-state index in [1.54, 1.807) is 12.1 Å². The van der Waals surface area contributed by atoms with Crippen molar-refractivity contribution in [2.75, 3.05) is 30.4 Å². The lowest BCUT2D eigenvalue weighted by Crippen LogP contribution is -2.37. The van der Waals surface area contributed by atoms with Gasteiger partial charge in [-0.25, -0.2) is 4.98 Å². The molecule has 1 fully saturated rings. The summed E-state index contributed by atoms with van der Waals surface area (Å²) in [5.74, 6) is 2.80. The zero-order valence-corrected chi connectivity index (χ0v) is 12.7. The zero-order chi connectivity index (χ0) is 13.8. The highest BCUT2D eigenvalue weighted by molar-refractivity contribution is 7.99. The molecule has 2 heterocycles. The van der Waals surface area contributed by atoms with Crippen LogP contribution in [-0.2, 0) is 0 Å². The number of carbonyl (C=O) groups is 1. The molecule has 1 aromatic heterocycles. The highest BCUT2D eigenvalue weighted by Crippen LogP contribution is 2.23. The van der Waals surface area contributed by atoms with Crippen molar-refractivity contribution in [3.63, 3.8) is 0 Å². The van der Waals surface area contributed by atoms with Crippen LogP contribution in [0.4, 0.5) is 5.82 Å². The van der Waals surface area contributed by atoms with Crippen LogP contribution in [-0.4, -0.2) is 46.9 Å². The van der Waals surface area contributed by atoms with E-state index < -0.39 is 0 Å². The van der Waals surface area contributed by atoms with Crippen LogP contribution < -0.4 is 5.32 Å². The number of aromatic nitrogens is 1. The van der Waals surface area contributed by atoms with E-state index in [0.717, 1.165) is 24.5 Å². The van der Waals surface area contributed by atoms with Crippen LogP contribution in [0.2, 0.25) is 5.15 Å². The molecule has 4 nitrogen and oxygen atoms in total. The molecule has 1 aromatic rings. The minimum atomic E-state index is 0.0101. The van der Waals surface area contributed by atoms with E-state index in [-0.39, 0.29) is 5.91 Å². The van der Waals surface area contributed by atoms with Gasteiger partial charge in [0.2, 0.25) is 0 Å². The first-order valence-electron chi connectivity index (χ1n) is 6.38. The second kappa shape index (κ2) is 6.48. The van der Waals surface area contributed by atoms with Crippen LogP contribution in [0.15, 0.2) is 12.1 Å². The number of pyridine rings is 1. The first kappa shape index (κ1) is 14.5. The van der Waals surface area contributed by atoms with Crippen molar-refractivity contribution in [2.24, 2.45) is 0 Å². The fourth-order valence-electron chi connectivity index (χ4n) is 2.09. The first-order chi connectivity index (χ1) is 9.11. The summed E-state index contributed by atoms with van der Waals surface area (Å²) in [6.07, 6.45) is 1.06. The van der Waals surface area contributed by atoms with Gasteiger partial charge in [-0.1, -0.05) is 11.6 Å². The molecule has 6 heteroatoms. The van der Waals surface area contributed by atoms with E-state index in [0.29, 0.717) is 22.6 Å². The third kappa shape index (κ3) is 3.54. The predicted molar refractivity (Wildman–Crippen MR) is 81.2 cm³/mol. The first-order valence-corrected chi connectivity index (χ1v) is 7.91. The average Bonchev–Trinajstić information content (AvgIpc) is 2.90. The third-order valence-corrected chi connectivity index (χ3v) is 4.51. The van der Waals surface area contributed by atoms with E-state index in [2.05, 4.69) is 10.3 Å². The monoisotopic (exact) mass is 299 g/mol. The van der Waals surface area contributed by atoms with Gasteiger partial charge >= 0.3 is 0 Å². The van der Waals surface area contributed by atoms with E-state index >= 15 is 0 Å². The predicted octanol–water partition coefficient (Wildman–Crippen LogP) is 2.74. The van der Waals surface area contributed by atoms with Gasteiger partial charge in [-0.15, -0.1) is 0 Å². The summed E-state index contributed by atoms with van der Waals surface area (Å²) in [5.41, 5.74) is 0.593. The van der Waals surface area contributed by atoms with Gasteiger partial charge in [0.15, 0.2) is 0 Å². The number of hydrogen-bond acceptors (Lipinski definition) is 4. The van der Waals surface area contributed by atoms with Crippen molar-refractivity contribution in [3.05, 3.63) is 22.8 Å². The summed E-state index contributed by atoms with van der Waals surface area (Å²) in [6.45, 7) is 2.72. The molecule has 0 saturated carbocycles. The molecule has 1 unspecified atom stereocenters. The van der Waals surface area contributed by atoms with Gasteiger partial charge < -0.3 is 10.2 Å². The molecule has 19 heavy (non-hydrogen) atoms. The molecule has 0 spiro atoms. The molecular weight excluding hydrogens is 282 g/mol.